The molecule has 0 saturated carbocycles. The smallest absolute Gasteiger partial charge is 0.318 e. The summed E-state index contributed by atoms with van der Waals surface area (Å²) in [5, 5.41) is 2.99. The molecule has 1 aliphatic rings. The number of fused-ring (bicyclic) bond motifs is 1. The molecule has 0 spiro atoms. The number of carbonyl (C=O) groups is 1. The van der Waals surface area contributed by atoms with Crippen molar-refractivity contribution in [2.24, 2.45) is 7.05 Å². The van der Waals surface area contributed by atoms with Gasteiger partial charge >= 0.3 is 6.03 Å². The Morgan fingerprint density at radius 2 is 2.18 bits per heavy atom. The lowest BCUT2D eigenvalue weighted by molar-refractivity contribution is 0.181. The number of rotatable bonds is 0. The summed E-state index contributed by atoms with van der Waals surface area (Å²) < 4.78 is 1.99. The van der Waals surface area contributed by atoms with Gasteiger partial charge in [0.05, 0.1) is 24.3 Å². The van der Waals surface area contributed by atoms with E-state index in [-0.39, 0.29) is 11.6 Å². The van der Waals surface area contributed by atoms with Crippen LogP contribution in [0.4, 0.5) is 4.79 Å². The Hall–Kier alpha value is -1.52. The lowest BCUT2D eigenvalue weighted by Crippen LogP contribution is -2.49. The number of nitrogens with zero attached hydrogens (tertiary/aromatic N) is 3. The first-order chi connectivity index (χ1) is 7.87. The molecule has 0 radical (unpaired) electrons. The Morgan fingerprint density at radius 3 is 2.82 bits per heavy atom. The zero-order chi connectivity index (χ0) is 12.6. The monoisotopic (exact) mass is 236 g/mol. The van der Waals surface area contributed by atoms with E-state index in [0.29, 0.717) is 6.54 Å². The average Bonchev–Trinajstić information content (AvgIpc) is 2.57. The van der Waals surface area contributed by atoms with Gasteiger partial charge in [0.2, 0.25) is 0 Å². The number of urea groups is 1. The van der Waals surface area contributed by atoms with Gasteiger partial charge in [-0.3, -0.25) is 0 Å². The summed E-state index contributed by atoms with van der Waals surface area (Å²) in [5.74, 6) is 0. The molecule has 94 valence electrons. The second-order valence-corrected chi connectivity index (χ2v) is 5.60. The van der Waals surface area contributed by atoms with Crippen LogP contribution in [0, 0.1) is 0 Å². The largest absolute Gasteiger partial charge is 0.336 e. The molecular weight excluding hydrogens is 216 g/mol. The molecule has 1 aromatic heterocycles. The van der Waals surface area contributed by atoms with Crippen molar-refractivity contribution in [2.45, 2.75) is 39.3 Å². The van der Waals surface area contributed by atoms with Gasteiger partial charge in [-0.15, -0.1) is 0 Å². The number of carbonyl (C=O) groups excluding carboxylic acids is 1. The van der Waals surface area contributed by atoms with E-state index in [1.54, 1.807) is 0 Å². The molecule has 2 rings (SSSR count). The number of hydrogen-bond donors (Lipinski definition) is 1. The molecule has 17 heavy (non-hydrogen) atoms. The number of amides is 2. The highest BCUT2D eigenvalue weighted by Gasteiger charge is 2.25. The van der Waals surface area contributed by atoms with Crippen molar-refractivity contribution in [2.75, 3.05) is 6.54 Å². The van der Waals surface area contributed by atoms with Gasteiger partial charge in [0, 0.05) is 25.6 Å². The summed E-state index contributed by atoms with van der Waals surface area (Å²) in [6.07, 6.45) is 2.66. The molecule has 0 fully saturated rings. The van der Waals surface area contributed by atoms with Crippen LogP contribution in [0.1, 0.15) is 32.2 Å². The van der Waals surface area contributed by atoms with E-state index in [9.17, 15) is 4.79 Å². The predicted octanol–water partition coefficient (Wildman–Crippen LogP) is 1.29. The minimum atomic E-state index is -0.191. The van der Waals surface area contributed by atoms with Gasteiger partial charge in [-0.05, 0) is 20.8 Å². The van der Waals surface area contributed by atoms with Crippen molar-refractivity contribution in [1.82, 2.24) is 19.8 Å². The van der Waals surface area contributed by atoms with Gasteiger partial charge in [0.1, 0.15) is 0 Å². The molecule has 1 aromatic rings. The van der Waals surface area contributed by atoms with E-state index in [1.165, 1.54) is 0 Å². The lowest BCUT2D eigenvalue weighted by Gasteiger charge is -2.31. The van der Waals surface area contributed by atoms with Crippen LogP contribution in [-0.2, 0) is 20.0 Å². The average molecular weight is 236 g/mol. The Balaban J connectivity index is 2.07. The highest BCUT2D eigenvalue weighted by molar-refractivity contribution is 5.75. The molecule has 0 atom stereocenters. The van der Waals surface area contributed by atoms with E-state index >= 15 is 0 Å². The van der Waals surface area contributed by atoms with E-state index in [0.717, 1.165) is 24.4 Å². The third-order valence-corrected chi connectivity index (χ3v) is 2.87. The van der Waals surface area contributed by atoms with Gasteiger partial charge in [-0.2, -0.15) is 0 Å². The summed E-state index contributed by atoms with van der Waals surface area (Å²) in [4.78, 5) is 18.2. The van der Waals surface area contributed by atoms with Gasteiger partial charge in [0.15, 0.2) is 0 Å². The van der Waals surface area contributed by atoms with Gasteiger partial charge in [-0.1, -0.05) is 0 Å². The number of imidazole rings is 1. The lowest BCUT2D eigenvalue weighted by atomic mass is 10.1. The van der Waals surface area contributed by atoms with Crippen molar-refractivity contribution < 1.29 is 4.79 Å². The summed E-state index contributed by atoms with van der Waals surface area (Å²) in [7, 11) is 1.97. The van der Waals surface area contributed by atoms with E-state index in [1.807, 2.05) is 43.6 Å². The SMILES string of the molecule is Cn1cnc2c1CN(C(=O)NC(C)(C)C)CC2. The van der Waals surface area contributed by atoms with Crippen molar-refractivity contribution in [1.29, 1.82) is 0 Å². The maximum atomic E-state index is 12.0. The van der Waals surface area contributed by atoms with Crippen molar-refractivity contribution in [3.05, 3.63) is 17.7 Å². The minimum Gasteiger partial charge on any atom is -0.336 e. The van der Waals surface area contributed by atoms with Crippen LogP contribution in [0.25, 0.3) is 0 Å². The maximum absolute atomic E-state index is 12.0. The second kappa shape index (κ2) is 4.05. The number of aromatic nitrogens is 2. The second-order valence-electron chi connectivity index (χ2n) is 5.60. The molecule has 0 bridgehead atoms. The highest BCUT2D eigenvalue weighted by atomic mass is 16.2. The molecule has 0 aromatic carbocycles. The fraction of sp³-hybridized carbons (Fsp3) is 0.667. The molecule has 5 nitrogen and oxygen atoms in total. The van der Waals surface area contributed by atoms with Gasteiger partial charge in [0.25, 0.3) is 0 Å². The minimum absolute atomic E-state index is 0.00403. The van der Waals surface area contributed by atoms with Crippen LogP contribution in [-0.4, -0.2) is 32.6 Å². The van der Waals surface area contributed by atoms with Crippen LogP contribution in [0.5, 0.6) is 0 Å². The Labute approximate surface area is 102 Å². The number of aryl methyl sites for hydroxylation is 1. The zero-order valence-electron chi connectivity index (χ0n) is 10.9. The van der Waals surface area contributed by atoms with Crippen LogP contribution in [0.2, 0.25) is 0 Å². The predicted molar refractivity (Wildman–Crippen MR) is 65.6 cm³/mol. The summed E-state index contributed by atoms with van der Waals surface area (Å²) >= 11 is 0. The van der Waals surface area contributed by atoms with Crippen molar-refractivity contribution in [3.8, 4) is 0 Å². The molecule has 2 heterocycles. The molecule has 1 N–H and O–H groups in total. The number of nitrogens with one attached hydrogen (secondary N) is 1. The van der Waals surface area contributed by atoms with Crippen LogP contribution < -0.4 is 5.32 Å². The third kappa shape index (κ3) is 2.60. The first kappa shape index (κ1) is 12.0. The molecule has 2 amide bonds. The van der Waals surface area contributed by atoms with Crippen LogP contribution >= 0.6 is 0 Å². The standard InChI is InChI=1S/C12H20N4O/c1-12(2,3)14-11(17)16-6-5-9-10(7-16)15(4)8-13-9/h8H,5-7H2,1-4H3,(H,14,17). The Kier molecular flexibility index (Phi) is 2.85. The highest BCUT2D eigenvalue weighted by Crippen LogP contribution is 2.17. The van der Waals surface area contributed by atoms with E-state index < -0.39 is 0 Å². The van der Waals surface area contributed by atoms with Crippen molar-refractivity contribution in [3.63, 3.8) is 0 Å². The molecular formula is C12H20N4O. The summed E-state index contributed by atoms with van der Waals surface area (Å²) in [5.41, 5.74) is 2.07. The van der Waals surface area contributed by atoms with Gasteiger partial charge in [-0.25, -0.2) is 9.78 Å². The zero-order valence-corrected chi connectivity index (χ0v) is 10.9. The fourth-order valence-electron chi connectivity index (χ4n) is 1.99. The summed E-state index contributed by atoms with van der Waals surface area (Å²) in [6.45, 7) is 7.36. The Morgan fingerprint density at radius 1 is 1.47 bits per heavy atom. The molecule has 0 unspecified atom stereocenters. The Bertz CT molecular complexity index is 430. The topological polar surface area (TPSA) is 50.2 Å². The summed E-state index contributed by atoms with van der Waals surface area (Å²) in [6, 6.07) is 0.00403. The first-order valence-electron chi connectivity index (χ1n) is 5.93. The van der Waals surface area contributed by atoms with Crippen LogP contribution in [0.15, 0.2) is 6.33 Å². The van der Waals surface area contributed by atoms with Gasteiger partial charge < -0.3 is 14.8 Å². The normalized spacial score (nSPS) is 15.6. The third-order valence-electron chi connectivity index (χ3n) is 2.87. The molecule has 0 aliphatic carbocycles. The van der Waals surface area contributed by atoms with E-state index in [4.69, 9.17) is 0 Å². The van der Waals surface area contributed by atoms with Crippen molar-refractivity contribution >= 4 is 6.03 Å². The maximum Gasteiger partial charge on any atom is 0.318 e. The molecule has 0 saturated heterocycles. The molecule has 1 aliphatic heterocycles. The van der Waals surface area contributed by atoms with Crippen LogP contribution in [0.3, 0.4) is 0 Å². The molecule has 5 heteroatoms. The number of hydrogen-bond acceptors (Lipinski definition) is 2. The first-order valence-corrected chi connectivity index (χ1v) is 5.93. The quantitative estimate of drug-likeness (QED) is 0.738. The fourth-order valence-corrected chi connectivity index (χ4v) is 1.99. The van der Waals surface area contributed by atoms with E-state index in [2.05, 4.69) is 10.3 Å².